The molecule has 0 amide bonds. The van der Waals surface area contributed by atoms with Crippen LogP contribution in [-0.2, 0) is 4.74 Å². The first-order valence-corrected chi connectivity index (χ1v) is 10.4. The predicted molar refractivity (Wildman–Crippen MR) is 119 cm³/mol. The van der Waals surface area contributed by atoms with Crippen LogP contribution in [0.15, 0.2) is 4.99 Å². The molecule has 26 heavy (non-hydrogen) atoms. The molecule has 1 atom stereocenters. The number of morpholine rings is 1. The van der Waals surface area contributed by atoms with Crippen LogP contribution in [0.4, 0.5) is 0 Å². The second kappa shape index (κ2) is 12.4. The van der Waals surface area contributed by atoms with Gasteiger partial charge in [0.15, 0.2) is 5.96 Å². The van der Waals surface area contributed by atoms with E-state index in [2.05, 4.69) is 26.9 Å². The van der Waals surface area contributed by atoms with E-state index >= 15 is 0 Å². The molecule has 3 aliphatic rings. The zero-order chi connectivity index (χ0) is 17.3. The van der Waals surface area contributed by atoms with Crippen molar-refractivity contribution < 1.29 is 4.74 Å². The Bertz CT molecular complexity index is 411. The lowest BCUT2D eigenvalue weighted by Crippen LogP contribution is -2.46. The van der Waals surface area contributed by atoms with Crippen molar-refractivity contribution in [3.8, 4) is 0 Å². The van der Waals surface area contributed by atoms with Crippen molar-refractivity contribution in [3.63, 3.8) is 0 Å². The van der Waals surface area contributed by atoms with Gasteiger partial charge >= 0.3 is 0 Å². The van der Waals surface area contributed by atoms with Crippen molar-refractivity contribution in [1.82, 2.24) is 20.0 Å². The molecule has 0 aromatic rings. The number of likely N-dealkylation sites (tertiary alicyclic amines) is 2. The summed E-state index contributed by atoms with van der Waals surface area (Å²) in [4.78, 5) is 12.6. The minimum Gasteiger partial charge on any atom is -0.379 e. The normalized spacial score (nSPS) is 25.5. The van der Waals surface area contributed by atoms with Gasteiger partial charge in [0.2, 0.25) is 0 Å². The van der Waals surface area contributed by atoms with Gasteiger partial charge in [-0.1, -0.05) is 0 Å². The van der Waals surface area contributed by atoms with E-state index in [-0.39, 0.29) is 24.0 Å². The molecule has 6 nitrogen and oxygen atoms in total. The third-order valence-electron chi connectivity index (χ3n) is 5.70. The van der Waals surface area contributed by atoms with E-state index in [0.717, 1.165) is 58.4 Å². The van der Waals surface area contributed by atoms with Crippen LogP contribution in [-0.4, -0.2) is 98.8 Å². The number of hydrogen-bond donors (Lipinski definition) is 1. The van der Waals surface area contributed by atoms with Gasteiger partial charge in [-0.3, -0.25) is 9.89 Å². The molecule has 0 saturated carbocycles. The molecule has 152 valence electrons. The number of halogens is 1. The summed E-state index contributed by atoms with van der Waals surface area (Å²) >= 11 is 0. The first kappa shape index (κ1) is 22.2. The Morgan fingerprint density at radius 2 is 1.85 bits per heavy atom. The first-order valence-electron chi connectivity index (χ1n) is 10.4. The molecule has 3 rings (SSSR count). The molecule has 3 aliphatic heterocycles. The zero-order valence-electron chi connectivity index (χ0n) is 16.5. The molecule has 3 fully saturated rings. The van der Waals surface area contributed by atoms with Crippen LogP contribution in [0.25, 0.3) is 0 Å². The van der Waals surface area contributed by atoms with Crippen molar-refractivity contribution in [2.75, 3.05) is 72.1 Å². The van der Waals surface area contributed by atoms with Crippen LogP contribution < -0.4 is 5.32 Å². The number of nitrogens with zero attached hydrogens (tertiary/aromatic N) is 4. The monoisotopic (exact) mass is 479 g/mol. The molecule has 0 aromatic carbocycles. The molecule has 0 aromatic heterocycles. The number of ether oxygens (including phenoxy) is 1. The Balaban J connectivity index is 0.00000243. The molecular weight excluding hydrogens is 441 g/mol. The van der Waals surface area contributed by atoms with Gasteiger partial charge in [-0.05, 0) is 58.7 Å². The summed E-state index contributed by atoms with van der Waals surface area (Å²) in [6.07, 6.45) is 6.51. The second-order valence-corrected chi connectivity index (χ2v) is 7.53. The smallest absolute Gasteiger partial charge is 0.193 e. The van der Waals surface area contributed by atoms with E-state index in [9.17, 15) is 0 Å². The predicted octanol–water partition coefficient (Wildman–Crippen LogP) is 1.85. The van der Waals surface area contributed by atoms with Crippen LogP contribution in [0.5, 0.6) is 0 Å². The molecule has 0 spiro atoms. The molecule has 7 heteroatoms. The van der Waals surface area contributed by atoms with Crippen molar-refractivity contribution in [3.05, 3.63) is 0 Å². The summed E-state index contributed by atoms with van der Waals surface area (Å²) in [6.45, 7) is 14.1. The van der Waals surface area contributed by atoms with Gasteiger partial charge < -0.3 is 19.9 Å². The number of aliphatic imine (C=N–C) groups is 1. The Labute approximate surface area is 176 Å². The molecule has 1 N–H and O–H groups in total. The van der Waals surface area contributed by atoms with Crippen LogP contribution in [0, 0.1) is 0 Å². The first-order chi connectivity index (χ1) is 12.4. The van der Waals surface area contributed by atoms with E-state index in [1.54, 1.807) is 0 Å². The maximum atomic E-state index is 5.49. The average molecular weight is 479 g/mol. The summed E-state index contributed by atoms with van der Waals surface area (Å²) in [5, 5.41) is 3.50. The van der Waals surface area contributed by atoms with Gasteiger partial charge in [-0.2, -0.15) is 0 Å². The van der Waals surface area contributed by atoms with Crippen molar-refractivity contribution in [1.29, 1.82) is 0 Å². The number of guanidine groups is 1. The number of rotatable bonds is 7. The van der Waals surface area contributed by atoms with Gasteiger partial charge in [0.05, 0.1) is 13.2 Å². The van der Waals surface area contributed by atoms with Crippen LogP contribution >= 0.6 is 24.0 Å². The second-order valence-electron chi connectivity index (χ2n) is 7.53. The Hall–Kier alpha value is -0.120. The lowest BCUT2D eigenvalue weighted by molar-refractivity contribution is 0.0195. The average Bonchev–Trinajstić information content (AvgIpc) is 3.33. The van der Waals surface area contributed by atoms with E-state index in [1.165, 1.54) is 51.7 Å². The fraction of sp³-hybridized carbons (Fsp3) is 0.947. The highest BCUT2D eigenvalue weighted by Gasteiger charge is 2.30. The molecule has 0 bridgehead atoms. The minimum absolute atomic E-state index is 0. The maximum absolute atomic E-state index is 5.49. The Kier molecular flexibility index (Phi) is 10.5. The third kappa shape index (κ3) is 6.80. The summed E-state index contributed by atoms with van der Waals surface area (Å²) < 4.78 is 5.49. The summed E-state index contributed by atoms with van der Waals surface area (Å²) in [6, 6.07) is 0.669. The quantitative estimate of drug-likeness (QED) is 0.261. The molecular formula is C19H38IN5O. The zero-order valence-corrected chi connectivity index (χ0v) is 18.8. The minimum atomic E-state index is 0. The number of nitrogens with one attached hydrogen (secondary N) is 1. The van der Waals surface area contributed by atoms with Crippen LogP contribution in [0.1, 0.15) is 39.0 Å². The van der Waals surface area contributed by atoms with Crippen molar-refractivity contribution in [2.45, 2.75) is 45.1 Å². The Morgan fingerprint density at radius 1 is 1.08 bits per heavy atom. The summed E-state index contributed by atoms with van der Waals surface area (Å²) in [5.74, 6) is 1.12. The number of unbranched alkanes of at least 4 members (excludes halogenated alkanes) is 1. The number of hydrogen-bond acceptors (Lipinski definition) is 4. The maximum Gasteiger partial charge on any atom is 0.193 e. The van der Waals surface area contributed by atoms with Crippen molar-refractivity contribution in [2.24, 2.45) is 4.99 Å². The third-order valence-corrected chi connectivity index (χ3v) is 5.70. The summed E-state index contributed by atoms with van der Waals surface area (Å²) in [7, 11) is 0. The summed E-state index contributed by atoms with van der Waals surface area (Å²) in [5.41, 5.74) is 0. The van der Waals surface area contributed by atoms with Gasteiger partial charge in [-0.15, -0.1) is 24.0 Å². The molecule has 3 saturated heterocycles. The van der Waals surface area contributed by atoms with E-state index < -0.39 is 0 Å². The highest BCUT2D eigenvalue weighted by atomic mass is 127. The SMILES string of the molecule is CCNC(=NCCCCN1CCCC1)N1CCC(N2CCOCC2)C1.I. The standard InChI is InChI=1S/C19H37N5O.HI/c1-2-20-19(21-8-3-4-9-22-10-5-6-11-22)24-12-7-18(17-24)23-13-15-25-16-14-23;/h18H,2-17H2,1H3,(H,20,21);1H. The fourth-order valence-corrected chi connectivity index (χ4v) is 4.24. The topological polar surface area (TPSA) is 43.3 Å². The van der Waals surface area contributed by atoms with Gasteiger partial charge in [0, 0.05) is 45.3 Å². The molecule has 1 unspecified atom stereocenters. The highest BCUT2D eigenvalue weighted by Crippen LogP contribution is 2.17. The molecule has 3 heterocycles. The lowest BCUT2D eigenvalue weighted by atomic mass is 10.2. The van der Waals surface area contributed by atoms with Crippen molar-refractivity contribution >= 4 is 29.9 Å². The highest BCUT2D eigenvalue weighted by molar-refractivity contribution is 14.0. The van der Waals surface area contributed by atoms with Crippen LogP contribution in [0.2, 0.25) is 0 Å². The molecule has 0 aliphatic carbocycles. The van der Waals surface area contributed by atoms with E-state index in [4.69, 9.17) is 9.73 Å². The van der Waals surface area contributed by atoms with Gasteiger partial charge in [0.25, 0.3) is 0 Å². The van der Waals surface area contributed by atoms with E-state index in [0.29, 0.717) is 6.04 Å². The van der Waals surface area contributed by atoms with Crippen LogP contribution in [0.3, 0.4) is 0 Å². The lowest BCUT2D eigenvalue weighted by Gasteiger charge is -2.32. The van der Waals surface area contributed by atoms with E-state index in [1.807, 2.05) is 0 Å². The molecule has 0 radical (unpaired) electrons. The largest absolute Gasteiger partial charge is 0.379 e. The van der Waals surface area contributed by atoms with Gasteiger partial charge in [0.1, 0.15) is 0 Å². The van der Waals surface area contributed by atoms with Gasteiger partial charge in [-0.25, -0.2) is 0 Å². The Morgan fingerprint density at radius 3 is 2.58 bits per heavy atom. The fourth-order valence-electron chi connectivity index (χ4n) is 4.24.